The van der Waals surface area contributed by atoms with Crippen molar-refractivity contribution in [3.63, 3.8) is 0 Å². The van der Waals surface area contributed by atoms with Gasteiger partial charge in [-0.25, -0.2) is 13.1 Å². The fraction of sp³-hybridized carbons (Fsp3) is 0.947. The third-order valence-corrected chi connectivity index (χ3v) is 6.93. The Kier molecular flexibility index (Phi) is 11.6. The van der Waals surface area contributed by atoms with Crippen LogP contribution in [0.5, 0.6) is 0 Å². The molecule has 166 valence electrons. The highest BCUT2D eigenvalue weighted by atomic mass is 127. The maximum absolute atomic E-state index is 12.2. The zero-order valence-corrected chi connectivity index (χ0v) is 20.8. The van der Waals surface area contributed by atoms with E-state index in [-0.39, 0.29) is 35.8 Å². The number of hydrogen-bond donors (Lipinski definition) is 3. The maximum atomic E-state index is 12.2. The lowest BCUT2D eigenvalue weighted by molar-refractivity contribution is 0.0200. The van der Waals surface area contributed by atoms with Gasteiger partial charge >= 0.3 is 0 Å². The molecule has 2 aliphatic rings. The van der Waals surface area contributed by atoms with E-state index in [1.165, 1.54) is 25.7 Å². The van der Waals surface area contributed by atoms with E-state index in [0.29, 0.717) is 30.4 Å². The molecule has 1 saturated heterocycles. The lowest BCUT2D eigenvalue weighted by Crippen LogP contribution is -2.48. The van der Waals surface area contributed by atoms with Gasteiger partial charge in [0.05, 0.1) is 11.9 Å². The first-order chi connectivity index (χ1) is 12.8. The van der Waals surface area contributed by atoms with E-state index in [9.17, 15) is 8.42 Å². The third-order valence-electron chi connectivity index (χ3n) is 5.58. The molecule has 0 aromatic heterocycles. The zero-order valence-electron chi connectivity index (χ0n) is 17.6. The molecule has 7 nitrogen and oxygen atoms in total. The quantitative estimate of drug-likeness (QED) is 0.229. The fourth-order valence-electron chi connectivity index (χ4n) is 4.05. The molecule has 0 radical (unpaired) electrons. The molecular formula is C19H39IN4O3S. The molecule has 2 fully saturated rings. The minimum absolute atomic E-state index is 0. The molecule has 0 aromatic rings. The summed E-state index contributed by atoms with van der Waals surface area (Å²) in [5, 5.41) is 6.52. The second kappa shape index (κ2) is 12.5. The van der Waals surface area contributed by atoms with Crippen LogP contribution in [0.3, 0.4) is 0 Å². The average molecular weight is 531 g/mol. The number of guanidine groups is 1. The van der Waals surface area contributed by atoms with Crippen LogP contribution in [0.15, 0.2) is 4.99 Å². The standard InChI is InChI=1S/C19H38N4O3S.HI/c1-16(2)13-19(8-6-9-19)15-22-18(20-3)21-10-12-27(24,25)23-14-17-7-4-5-11-26-17;/h16-17,23H,4-15H2,1-3H3,(H2,20,21,22);1H. The van der Waals surface area contributed by atoms with Crippen molar-refractivity contribution in [3.05, 3.63) is 0 Å². The average Bonchev–Trinajstić information content (AvgIpc) is 2.61. The SMILES string of the molecule is CN=C(NCCS(=O)(=O)NCC1CCCCO1)NCC1(CC(C)C)CCC1.I. The first-order valence-corrected chi connectivity index (χ1v) is 12.0. The van der Waals surface area contributed by atoms with Gasteiger partial charge in [-0.3, -0.25) is 4.99 Å². The minimum Gasteiger partial charge on any atom is -0.377 e. The van der Waals surface area contributed by atoms with Gasteiger partial charge in [0.2, 0.25) is 10.0 Å². The Labute approximate surface area is 188 Å². The van der Waals surface area contributed by atoms with Gasteiger partial charge in [-0.2, -0.15) is 0 Å². The zero-order chi connectivity index (χ0) is 19.8. The molecule has 1 aliphatic heterocycles. The van der Waals surface area contributed by atoms with Crippen molar-refractivity contribution >= 4 is 40.0 Å². The maximum Gasteiger partial charge on any atom is 0.213 e. The summed E-state index contributed by atoms with van der Waals surface area (Å²) in [6.45, 7) is 6.86. The Morgan fingerprint density at radius 2 is 1.96 bits per heavy atom. The lowest BCUT2D eigenvalue weighted by Gasteiger charge is -2.43. The van der Waals surface area contributed by atoms with Crippen LogP contribution in [0.4, 0.5) is 0 Å². The van der Waals surface area contributed by atoms with Gasteiger partial charge in [0.25, 0.3) is 0 Å². The van der Waals surface area contributed by atoms with Gasteiger partial charge < -0.3 is 15.4 Å². The molecule has 1 atom stereocenters. The Morgan fingerprint density at radius 3 is 2.50 bits per heavy atom. The van der Waals surface area contributed by atoms with Gasteiger partial charge in [-0.05, 0) is 49.9 Å². The van der Waals surface area contributed by atoms with Crippen molar-refractivity contribution in [2.24, 2.45) is 16.3 Å². The van der Waals surface area contributed by atoms with Crippen LogP contribution < -0.4 is 15.4 Å². The molecule has 1 unspecified atom stereocenters. The van der Waals surface area contributed by atoms with Crippen LogP contribution in [0, 0.1) is 11.3 Å². The summed E-state index contributed by atoms with van der Waals surface area (Å²) in [7, 11) is -1.59. The fourth-order valence-corrected chi connectivity index (χ4v) is 5.01. The number of rotatable bonds is 10. The van der Waals surface area contributed by atoms with Crippen molar-refractivity contribution in [1.29, 1.82) is 0 Å². The van der Waals surface area contributed by atoms with E-state index in [4.69, 9.17) is 4.74 Å². The van der Waals surface area contributed by atoms with E-state index in [1.54, 1.807) is 7.05 Å². The van der Waals surface area contributed by atoms with E-state index in [2.05, 4.69) is 34.2 Å². The minimum atomic E-state index is -3.31. The first-order valence-electron chi connectivity index (χ1n) is 10.4. The molecule has 0 spiro atoms. The lowest BCUT2D eigenvalue weighted by atomic mass is 9.64. The van der Waals surface area contributed by atoms with Gasteiger partial charge in [-0.15, -0.1) is 24.0 Å². The van der Waals surface area contributed by atoms with Crippen LogP contribution >= 0.6 is 24.0 Å². The molecule has 1 aliphatic carbocycles. The van der Waals surface area contributed by atoms with Crippen LogP contribution in [0.1, 0.15) is 58.8 Å². The van der Waals surface area contributed by atoms with E-state index < -0.39 is 10.0 Å². The monoisotopic (exact) mass is 530 g/mol. The molecule has 2 rings (SSSR count). The van der Waals surface area contributed by atoms with Crippen molar-refractivity contribution in [1.82, 2.24) is 15.4 Å². The largest absolute Gasteiger partial charge is 0.377 e. The van der Waals surface area contributed by atoms with Crippen molar-refractivity contribution < 1.29 is 13.2 Å². The summed E-state index contributed by atoms with van der Waals surface area (Å²) in [5.41, 5.74) is 0.374. The Morgan fingerprint density at radius 1 is 1.21 bits per heavy atom. The van der Waals surface area contributed by atoms with Gasteiger partial charge in [0.1, 0.15) is 0 Å². The summed E-state index contributed by atoms with van der Waals surface area (Å²) in [4.78, 5) is 4.23. The highest BCUT2D eigenvalue weighted by Crippen LogP contribution is 2.45. The molecule has 0 amide bonds. The highest BCUT2D eigenvalue weighted by molar-refractivity contribution is 14.0. The van der Waals surface area contributed by atoms with Crippen LogP contribution in [0.25, 0.3) is 0 Å². The predicted octanol–water partition coefficient (Wildman–Crippen LogP) is 2.47. The van der Waals surface area contributed by atoms with Gasteiger partial charge in [0, 0.05) is 33.3 Å². The van der Waals surface area contributed by atoms with E-state index in [1.807, 2.05) is 0 Å². The Bertz CT molecular complexity index is 574. The smallest absolute Gasteiger partial charge is 0.213 e. The molecule has 28 heavy (non-hydrogen) atoms. The summed E-state index contributed by atoms with van der Waals surface area (Å²) in [6, 6.07) is 0. The molecule has 3 N–H and O–H groups in total. The van der Waals surface area contributed by atoms with Gasteiger partial charge in [-0.1, -0.05) is 20.3 Å². The second-order valence-corrected chi connectivity index (χ2v) is 10.4. The normalized spacial score (nSPS) is 22.3. The number of halogens is 1. The molecular weight excluding hydrogens is 491 g/mol. The third kappa shape index (κ3) is 9.13. The molecule has 0 bridgehead atoms. The molecule has 1 saturated carbocycles. The number of ether oxygens (including phenoxy) is 1. The summed E-state index contributed by atoms with van der Waals surface area (Å²) < 4.78 is 32.6. The molecule has 9 heteroatoms. The highest BCUT2D eigenvalue weighted by Gasteiger charge is 2.37. The Hall–Kier alpha value is -0.130. The summed E-state index contributed by atoms with van der Waals surface area (Å²) in [5.74, 6) is 1.39. The summed E-state index contributed by atoms with van der Waals surface area (Å²) >= 11 is 0. The van der Waals surface area contributed by atoms with Crippen molar-refractivity contribution in [3.8, 4) is 0 Å². The number of sulfonamides is 1. The van der Waals surface area contributed by atoms with Crippen LogP contribution in [-0.2, 0) is 14.8 Å². The number of nitrogens with one attached hydrogen (secondary N) is 3. The van der Waals surface area contributed by atoms with Gasteiger partial charge in [0.15, 0.2) is 5.96 Å². The second-order valence-electron chi connectivity index (χ2n) is 8.46. The first kappa shape index (κ1) is 25.9. The van der Waals surface area contributed by atoms with Crippen LogP contribution in [0.2, 0.25) is 0 Å². The van der Waals surface area contributed by atoms with E-state index >= 15 is 0 Å². The van der Waals surface area contributed by atoms with E-state index in [0.717, 1.165) is 32.4 Å². The topological polar surface area (TPSA) is 91.8 Å². The number of nitrogens with zero attached hydrogens (tertiary/aromatic N) is 1. The molecule has 0 aromatic carbocycles. The van der Waals surface area contributed by atoms with Crippen molar-refractivity contribution in [2.75, 3.05) is 39.0 Å². The Balaban J connectivity index is 0.00000392. The number of hydrogen-bond acceptors (Lipinski definition) is 4. The summed E-state index contributed by atoms with van der Waals surface area (Å²) in [6.07, 6.45) is 8.15. The number of aliphatic imine (C=N–C) groups is 1. The van der Waals surface area contributed by atoms with Crippen molar-refractivity contribution in [2.45, 2.75) is 64.9 Å². The van der Waals surface area contributed by atoms with Crippen LogP contribution in [-0.4, -0.2) is 59.5 Å². The predicted molar refractivity (Wildman–Crippen MR) is 126 cm³/mol. The molecule has 1 heterocycles.